The van der Waals surface area contributed by atoms with Crippen LogP contribution in [0, 0.1) is 5.82 Å². The molecule has 0 fully saturated rings. The van der Waals surface area contributed by atoms with Crippen LogP contribution in [0.4, 0.5) is 15.2 Å². The average Bonchev–Trinajstić information content (AvgIpc) is 3.41. The summed E-state index contributed by atoms with van der Waals surface area (Å²) >= 11 is 4.53. The molecule has 1 N–H and O–H groups in total. The number of benzene rings is 2. The molecule has 4 rings (SSSR count). The van der Waals surface area contributed by atoms with E-state index in [1.165, 1.54) is 23.5 Å². The third-order valence-electron chi connectivity index (χ3n) is 4.02. The molecule has 2 heterocycles. The summed E-state index contributed by atoms with van der Waals surface area (Å²) < 4.78 is 24.8. The number of methoxy groups -OCH3 is 2. The van der Waals surface area contributed by atoms with Crippen LogP contribution in [0.25, 0.3) is 10.6 Å². The van der Waals surface area contributed by atoms with E-state index in [9.17, 15) is 4.39 Å². The molecule has 0 radical (unpaired) electrons. The van der Waals surface area contributed by atoms with Gasteiger partial charge in [-0.3, -0.25) is 0 Å². The zero-order valence-corrected chi connectivity index (χ0v) is 18.5. The van der Waals surface area contributed by atoms with Gasteiger partial charge in [0, 0.05) is 22.9 Å². The summed E-state index contributed by atoms with van der Waals surface area (Å²) in [6, 6.07) is 11.9. The lowest BCUT2D eigenvalue weighted by atomic mass is 10.2. The molecular formula is C20H17FN4O2S3. The smallest absolute Gasteiger partial charge is 0.210 e. The van der Waals surface area contributed by atoms with Crippen molar-refractivity contribution in [2.45, 2.75) is 10.1 Å². The van der Waals surface area contributed by atoms with Crippen LogP contribution in [0.2, 0.25) is 0 Å². The molecule has 2 aromatic carbocycles. The second-order valence-electron chi connectivity index (χ2n) is 6.01. The van der Waals surface area contributed by atoms with Crippen molar-refractivity contribution >= 4 is 45.3 Å². The van der Waals surface area contributed by atoms with Crippen LogP contribution in [-0.2, 0) is 5.75 Å². The normalized spacial score (nSPS) is 10.8. The number of thioether (sulfide) groups is 1. The van der Waals surface area contributed by atoms with Crippen LogP contribution in [0.15, 0.2) is 52.2 Å². The maximum Gasteiger partial charge on any atom is 0.210 e. The Hall–Kier alpha value is -2.69. The standard InChI is InChI=1S/C20H17FN4O2S3/c1-26-15-6-7-16(17(9-15)27-2)18-22-14(10-28-18)11-29-20-25-24-19(30-20)23-13-5-3-4-12(21)8-13/h3-10H,11H2,1-2H3,(H,23,24). The number of hydrogen-bond acceptors (Lipinski definition) is 9. The largest absolute Gasteiger partial charge is 0.497 e. The van der Waals surface area contributed by atoms with Crippen molar-refractivity contribution in [3.05, 3.63) is 59.4 Å². The molecule has 4 aromatic rings. The lowest BCUT2D eigenvalue weighted by Gasteiger charge is -2.08. The number of rotatable bonds is 8. The maximum atomic E-state index is 13.3. The summed E-state index contributed by atoms with van der Waals surface area (Å²) in [6.07, 6.45) is 0. The molecule has 0 amide bonds. The zero-order valence-electron chi connectivity index (χ0n) is 16.1. The van der Waals surface area contributed by atoms with Crippen molar-refractivity contribution in [3.63, 3.8) is 0 Å². The van der Waals surface area contributed by atoms with Crippen molar-refractivity contribution < 1.29 is 13.9 Å². The Morgan fingerprint density at radius 3 is 2.80 bits per heavy atom. The number of nitrogens with zero attached hydrogens (tertiary/aromatic N) is 3. The van der Waals surface area contributed by atoms with Gasteiger partial charge in [0.15, 0.2) is 4.34 Å². The minimum atomic E-state index is -0.299. The second kappa shape index (κ2) is 9.41. The zero-order chi connectivity index (χ0) is 20.9. The monoisotopic (exact) mass is 460 g/mol. The minimum Gasteiger partial charge on any atom is -0.497 e. The fraction of sp³-hybridized carbons (Fsp3) is 0.150. The lowest BCUT2D eigenvalue weighted by Crippen LogP contribution is -1.90. The van der Waals surface area contributed by atoms with E-state index in [0.29, 0.717) is 16.6 Å². The quantitative estimate of drug-likeness (QED) is 0.331. The van der Waals surface area contributed by atoms with Crippen LogP contribution in [0.5, 0.6) is 11.5 Å². The van der Waals surface area contributed by atoms with Crippen LogP contribution in [0.1, 0.15) is 5.69 Å². The topological polar surface area (TPSA) is 69.2 Å². The summed E-state index contributed by atoms with van der Waals surface area (Å²) in [5, 5.41) is 14.9. The van der Waals surface area contributed by atoms with E-state index in [-0.39, 0.29) is 5.82 Å². The van der Waals surface area contributed by atoms with Gasteiger partial charge in [-0.1, -0.05) is 29.2 Å². The van der Waals surface area contributed by atoms with Gasteiger partial charge < -0.3 is 14.8 Å². The first kappa shape index (κ1) is 20.6. The van der Waals surface area contributed by atoms with E-state index in [1.54, 1.807) is 49.5 Å². The van der Waals surface area contributed by atoms with E-state index >= 15 is 0 Å². The molecule has 0 aliphatic carbocycles. The van der Waals surface area contributed by atoms with Crippen molar-refractivity contribution in [1.29, 1.82) is 0 Å². The Bertz CT molecular complexity index is 1150. The molecule has 0 atom stereocenters. The number of aromatic nitrogens is 3. The molecule has 0 spiro atoms. The van der Waals surface area contributed by atoms with Crippen LogP contribution in [0.3, 0.4) is 0 Å². The Kier molecular flexibility index (Phi) is 6.46. The number of ether oxygens (including phenoxy) is 2. The Morgan fingerprint density at radius 2 is 2.00 bits per heavy atom. The summed E-state index contributed by atoms with van der Waals surface area (Å²) in [6.45, 7) is 0. The highest BCUT2D eigenvalue weighted by atomic mass is 32.2. The molecule has 30 heavy (non-hydrogen) atoms. The van der Waals surface area contributed by atoms with Gasteiger partial charge in [0.05, 0.1) is 25.5 Å². The fourth-order valence-corrected chi connectivity index (χ4v) is 5.24. The second-order valence-corrected chi connectivity index (χ2v) is 9.07. The molecule has 10 heteroatoms. The summed E-state index contributed by atoms with van der Waals surface area (Å²) in [5.41, 5.74) is 2.52. The fourth-order valence-electron chi connectivity index (χ4n) is 2.62. The summed E-state index contributed by atoms with van der Waals surface area (Å²) in [7, 11) is 3.26. The molecule has 6 nitrogen and oxygen atoms in total. The van der Waals surface area contributed by atoms with Crippen LogP contribution in [-0.4, -0.2) is 29.4 Å². The van der Waals surface area contributed by atoms with Crippen molar-refractivity contribution in [3.8, 4) is 22.1 Å². The van der Waals surface area contributed by atoms with Crippen molar-refractivity contribution in [2.75, 3.05) is 19.5 Å². The first-order valence-corrected chi connectivity index (χ1v) is 11.5. The van der Waals surface area contributed by atoms with E-state index in [4.69, 9.17) is 14.5 Å². The molecule has 0 aliphatic rings. The average molecular weight is 461 g/mol. The minimum absolute atomic E-state index is 0.299. The molecule has 2 aromatic heterocycles. The van der Waals surface area contributed by atoms with Crippen molar-refractivity contribution in [2.24, 2.45) is 0 Å². The molecular weight excluding hydrogens is 443 g/mol. The highest BCUT2D eigenvalue weighted by Crippen LogP contribution is 2.36. The third kappa shape index (κ3) is 4.89. The van der Waals surface area contributed by atoms with Gasteiger partial charge in [0.2, 0.25) is 5.13 Å². The Labute approximate surface area is 185 Å². The van der Waals surface area contributed by atoms with Gasteiger partial charge in [0.25, 0.3) is 0 Å². The van der Waals surface area contributed by atoms with E-state index in [2.05, 4.69) is 15.5 Å². The Balaban J connectivity index is 1.40. The number of anilines is 2. The molecule has 0 saturated heterocycles. The third-order valence-corrected chi connectivity index (χ3v) is 6.95. The number of thiazole rings is 1. The molecule has 0 bridgehead atoms. The van der Waals surface area contributed by atoms with Gasteiger partial charge in [-0.15, -0.1) is 21.5 Å². The molecule has 0 aliphatic heterocycles. The van der Waals surface area contributed by atoms with E-state index in [0.717, 1.165) is 32.1 Å². The van der Waals surface area contributed by atoms with Crippen molar-refractivity contribution in [1.82, 2.24) is 15.2 Å². The molecule has 0 unspecified atom stereocenters. The SMILES string of the molecule is COc1ccc(-c2nc(CSc3nnc(Nc4cccc(F)c4)s3)cs2)c(OC)c1. The van der Waals surface area contributed by atoms with Crippen LogP contribution < -0.4 is 14.8 Å². The van der Waals surface area contributed by atoms with E-state index < -0.39 is 0 Å². The van der Waals surface area contributed by atoms with Gasteiger partial charge in [-0.25, -0.2) is 9.37 Å². The highest BCUT2D eigenvalue weighted by Gasteiger charge is 2.13. The van der Waals surface area contributed by atoms with Gasteiger partial charge in [0.1, 0.15) is 22.3 Å². The Morgan fingerprint density at radius 1 is 1.10 bits per heavy atom. The summed E-state index contributed by atoms with van der Waals surface area (Å²) in [5.74, 6) is 1.83. The van der Waals surface area contributed by atoms with Gasteiger partial charge in [-0.05, 0) is 30.3 Å². The first-order valence-electron chi connectivity index (χ1n) is 8.80. The molecule has 154 valence electrons. The maximum absolute atomic E-state index is 13.3. The van der Waals surface area contributed by atoms with Gasteiger partial charge in [-0.2, -0.15) is 0 Å². The van der Waals surface area contributed by atoms with E-state index in [1.807, 2.05) is 23.6 Å². The predicted molar refractivity (Wildman–Crippen MR) is 120 cm³/mol. The predicted octanol–water partition coefficient (Wildman–Crippen LogP) is 5.85. The van der Waals surface area contributed by atoms with Crippen LogP contribution >= 0.6 is 34.4 Å². The highest BCUT2D eigenvalue weighted by molar-refractivity contribution is 8.00. The number of nitrogens with one attached hydrogen (secondary N) is 1. The summed E-state index contributed by atoms with van der Waals surface area (Å²) in [4.78, 5) is 4.72. The number of halogens is 1. The lowest BCUT2D eigenvalue weighted by molar-refractivity contribution is 0.395. The first-order chi connectivity index (χ1) is 14.6. The molecule has 0 saturated carbocycles. The van der Waals surface area contributed by atoms with Gasteiger partial charge >= 0.3 is 0 Å². The number of hydrogen-bond donors (Lipinski definition) is 1.